The molecule has 2 rings (SSSR count). The monoisotopic (exact) mass is 281 g/mol. The number of nitrogens with zero attached hydrogens (tertiary/aromatic N) is 2. The largest absolute Gasteiger partial charge is 0.479 e. The van der Waals surface area contributed by atoms with Gasteiger partial charge >= 0.3 is 5.97 Å². The summed E-state index contributed by atoms with van der Waals surface area (Å²) in [5.74, 6) is -1.20. The van der Waals surface area contributed by atoms with Crippen molar-refractivity contribution < 1.29 is 19.4 Å². The normalized spacial score (nSPS) is 17.4. The third-order valence-corrected chi connectivity index (χ3v) is 3.90. The molecule has 1 aliphatic carbocycles. The second-order valence-corrected chi connectivity index (χ2v) is 5.54. The number of ether oxygens (including phenoxy) is 1. The van der Waals surface area contributed by atoms with Gasteiger partial charge in [-0.05, 0) is 33.1 Å². The van der Waals surface area contributed by atoms with Gasteiger partial charge in [0.05, 0.1) is 11.9 Å². The van der Waals surface area contributed by atoms with Crippen molar-refractivity contribution in [2.45, 2.75) is 44.2 Å². The van der Waals surface area contributed by atoms with Gasteiger partial charge in [0, 0.05) is 13.3 Å². The Morgan fingerprint density at radius 3 is 2.60 bits per heavy atom. The van der Waals surface area contributed by atoms with Crippen LogP contribution in [0.1, 0.15) is 33.1 Å². The quantitative estimate of drug-likeness (QED) is 0.846. The molecular weight excluding hydrogens is 262 g/mol. The Labute approximate surface area is 116 Å². The minimum atomic E-state index is -1.17. The van der Waals surface area contributed by atoms with Crippen LogP contribution in [0, 0.1) is 0 Å². The highest BCUT2D eigenvalue weighted by Gasteiger charge is 2.44. The van der Waals surface area contributed by atoms with Crippen LogP contribution in [-0.2, 0) is 19.9 Å². The van der Waals surface area contributed by atoms with Crippen molar-refractivity contribution in [1.29, 1.82) is 0 Å². The Bertz CT molecular complexity index is 526. The van der Waals surface area contributed by atoms with E-state index in [1.807, 2.05) is 0 Å². The van der Waals surface area contributed by atoms with Gasteiger partial charge in [-0.15, -0.1) is 0 Å². The summed E-state index contributed by atoms with van der Waals surface area (Å²) in [5, 5.41) is 15.9. The summed E-state index contributed by atoms with van der Waals surface area (Å²) in [5.41, 5.74) is -1.45. The molecule has 0 aromatic carbocycles. The first-order valence-electron chi connectivity index (χ1n) is 6.47. The Morgan fingerprint density at radius 1 is 1.50 bits per heavy atom. The van der Waals surface area contributed by atoms with E-state index in [0.717, 1.165) is 6.42 Å². The second-order valence-electron chi connectivity index (χ2n) is 5.54. The van der Waals surface area contributed by atoms with Gasteiger partial charge in [0.1, 0.15) is 5.60 Å². The predicted octanol–water partition coefficient (Wildman–Crippen LogP) is 1.21. The van der Waals surface area contributed by atoms with E-state index in [9.17, 15) is 9.59 Å². The molecule has 0 unspecified atom stereocenters. The molecular formula is C13H19N3O4. The summed E-state index contributed by atoms with van der Waals surface area (Å²) >= 11 is 0. The van der Waals surface area contributed by atoms with Crippen LogP contribution in [0.2, 0.25) is 0 Å². The van der Waals surface area contributed by atoms with Gasteiger partial charge in [0.25, 0.3) is 5.91 Å². The van der Waals surface area contributed by atoms with Crippen LogP contribution in [0.15, 0.2) is 12.4 Å². The first-order chi connectivity index (χ1) is 9.32. The fourth-order valence-corrected chi connectivity index (χ4v) is 2.06. The number of nitrogens with one attached hydrogen (secondary N) is 1. The average Bonchev–Trinajstić information content (AvgIpc) is 2.77. The maximum Gasteiger partial charge on any atom is 0.331 e. The van der Waals surface area contributed by atoms with Crippen molar-refractivity contribution in [3.8, 4) is 0 Å². The lowest BCUT2D eigenvalue weighted by Gasteiger charge is -2.38. The molecule has 0 saturated heterocycles. The van der Waals surface area contributed by atoms with Crippen LogP contribution in [-0.4, -0.2) is 39.5 Å². The number of carboxylic acid groups (broad SMARTS) is 1. The number of hydrogen-bond donors (Lipinski definition) is 2. The van der Waals surface area contributed by atoms with Crippen LogP contribution in [0.4, 0.5) is 5.69 Å². The molecule has 0 aliphatic heterocycles. The molecule has 1 amide bonds. The second kappa shape index (κ2) is 4.90. The van der Waals surface area contributed by atoms with Gasteiger partial charge in [-0.2, -0.15) is 5.10 Å². The van der Waals surface area contributed by atoms with Crippen LogP contribution < -0.4 is 5.32 Å². The van der Waals surface area contributed by atoms with Gasteiger partial charge in [-0.1, -0.05) is 0 Å². The molecule has 0 radical (unpaired) electrons. The summed E-state index contributed by atoms with van der Waals surface area (Å²) in [6.45, 7) is 3.08. The number of carbonyl (C=O) groups is 2. The summed E-state index contributed by atoms with van der Waals surface area (Å²) in [7, 11) is 1.52. The smallest absolute Gasteiger partial charge is 0.331 e. The molecule has 7 nitrogen and oxygen atoms in total. The molecule has 1 aromatic heterocycles. The molecule has 20 heavy (non-hydrogen) atoms. The van der Waals surface area contributed by atoms with Gasteiger partial charge in [-0.3, -0.25) is 9.48 Å². The zero-order valence-electron chi connectivity index (χ0n) is 11.8. The number of rotatable bonds is 5. The minimum absolute atomic E-state index is 0.209. The van der Waals surface area contributed by atoms with Crippen LogP contribution in [0.5, 0.6) is 0 Å². The van der Waals surface area contributed by atoms with Crippen molar-refractivity contribution in [3.05, 3.63) is 12.4 Å². The molecule has 0 atom stereocenters. The zero-order chi connectivity index (χ0) is 15.0. The SMILES string of the molecule is COC1(C(=O)Nc2cnn(C(C)(C)C(=O)O)c2)CCC1. The van der Waals surface area contributed by atoms with Crippen molar-refractivity contribution in [2.24, 2.45) is 0 Å². The van der Waals surface area contributed by atoms with E-state index in [-0.39, 0.29) is 5.91 Å². The molecule has 110 valence electrons. The van der Waals surface area contributed by atoms with E-state index in [0.29, 0.717) is 18.5 Å². The maximum absolute atomic E-state index is 12.2. The molecule has 1 heterocycles. The molecule has 1 fully saturated rings. The van der Waals surface area contributed by atoms with E-state index >= 15 is 0 Å². The van der Waals surface area contributed by atoms with Gasteiger partial charge in [0.2, 0.25) is 0 Å². The van der Waals surface area contributed by atoms with E-state index < -0.39 is 17.1 Å². The molecule has 1 saturated carbocycles. The molecule has 0 spiro atoms. The first-order valence-corrected chi connectivity index (χ1v) is 6.47. The van der Waals surface area contributed by atoms with Crippen molar-refractivity contribution in [3.63, 3.8) is 0 Å². The number of carbonyl (C=O) groups excluding carboxylic acids is 1. The number of carboxylic acids is 1. The van der Waals surface area contributed by atoms with E-state index in [4.69, 9.17) is 9.84 Å². The van der Waals surface area contributed by atoms with Crippen molar-refractivity contribution in [2.75, 3.05) is 12.4 Å². The third kappa shape index (κ3) is 2.29. The highest BCUT2D eigenvalue weighted by molar-refractivity contribution is 5.97. The van der Waals surface area contributed by atoms with Gasteiger partial charge in [0.15, 0.2) is 5.54 Å². The number of amides is 1. The highest BCUT2D eigenvalue weighted by Crippen LogP contribution is 2.36. The lowest BCUT2D eigenvalue weighted by molar-refractivity contribution is -0.148. The number of aromatic nitrogens is 2. The minimum Gasteiger partial charge on any atom is -0.479 e. The Hall–Kier alpha value is -1.89. The van der Waals surface area contributed by atoms with Crippen LogP contribution in [0.3, 0.4) is 0 Å². The molecule has 1 aromatic rings. The zero-order valence-corrected chi connectivity index (χ0v) is 11.8. The summed E-state index contributed by atoms with van der Waals surface area (Å²) < 4.78 is 6.60. The number of aliphatic carboxylic acids is 1. The lowest BCUT2D eigenvalue weighted by Crippen LogP contribution is -2.50. The van der Waals surface area contributed by atoms with Gasteiger partial charge in [-0.25, -0.2) is 4.79 Å². The fraction of sp³-hybridized carbons (Fsp3) is 0.615. The molecule has 2 N–H and O–H groups in total. The maximum atomic E-state index is 12.2. The van der Waals surface area contributed by atoms with E-state index in [1.165, 1.54) is 38.0 Å². The summed E-state index contributed by atoms with van der Waals surface area (Å²) in [6.07, 6.45) is 5.30. The van der Waals surface area contributed by atoms with Crippen molar-refractivity contribution >= 4 is 17.6 Å². The highest BCUT2D eigenvalue weighted by atomic mass is 16.5. The van der Waals surface area contributed by atoms with Crippen LogP contribution in [0.25, 0.3) is 0 Å². The molecule has 0 bridgehead atoms. The van der Waals surface area contributed by atoms with E-state index in [2.05, 4.69) is 10.4 Å². The van der Waals surface area contributed by atoms with Crippen LogP contribution >= 0.6 is 0 Å². The standard InChI is InChI=1S/C13H19N3O4/c1-12(2,11(18)19)16-8-9(7-14-16)15-10(17)13(20-3)5-4-6-13/h7-8H,4-6H2,1-3H3,(H,15,17)(H,18,19). The topological polar surface area (TPSA) is 93.5 Å². The molecule has 1 aliphatic rings. The Balaban J connectivity index is 2.11. The predicted molar refractivity (Wildman–Crippen MR) is 71.4 cm³/mol. The molecule has 7 heteroatoms. The third-order valence-electron chi connectivity index (χ3n) is 3.90. The fourth-order valence-electron chi connectivity index (χ4n) is 2.06. The Morgan fingerprint density at radius 2 is 2.15 bits per heavy atom. The number of anilines is 1. The van der Waals surface area contributed by atoms with Gasteiger partial charge < -0.3 is 15.2 Å². The summed E-state index contributed by atoms with van der Waals surface area (Å²) in [6, 6.07) is 0. The van der Waals surface area contributed by atoms with E-state index in [1.54, 1.807) is 0 Å². The lowest BCUT2D eigenvalue weighted by atomic mass is 9.79. The number of hydrogen-bond acceptors (Lipinski definition) is 4. The number of methoxy groups -OCH3 is 1. The first kappa shape index (κ1) is 14.5. The average molecular weight is 281 g/mol. The Kier molecular flexibility index (Phi) is 3.56. The van der Waals surface area contributed by atoms with Crippen molar-refractivity contribution in [1.82, 2.24) is 9.78 Å². The summed E-state index contributed by atoms with van der Waals surface area (Å²) in [4.78, 5) is 23.3.